The van der Waals surface area contributed by atoms with Gasteiger partial charge >= 0.3 is 0 Å². The molecular formula is C12H15ClN4OS. The smallest absolute Gasteiger partial charge is 0.224 e. The molecule has 0 aliphatic carbocycles. The summed E-state index contributed by atoms with van der Waals surface area (Å²) in [5.41, 5.74) is 0.437. The first kappa shape index (κ1) is 14.2. The van der Waals surface area contributed by atoms with Crippen LogP contribution >= 0.6 is 22.9 Å². The quantitative estimate of drug-likeness (QED) is 0.793. The van der Waals surface area contributed by atoms with Gasteiger partial charge in [-0.1, -0.05) is 11.6 Å². The molecule has 2 rings (SSSR count). The van der Waals surface area contributed by atoms with Crippen molar-refractivity contribution in [2.75, 3.05) is 20.6 Å². The van der Waals surface area contributed by atoms with E-state index in [1.807, 2.05) is 25.9 Å². The lowest BCUT2D eigenvalue weighted by Crippen LogP contribution is -2.21. The van der Waals surface area contributed by atoms with Crippen LogP contribution < -0.4 is 0 Å². The molecule has 0 N–H and O–H groups in total. The van der Waals surface area contributed by atoms with E-state index in [-0.39, 0.29) is 5.78 Å². The molecule has 102 valence electrons. The van der Waals surface area contributed by atoms with Crippen LogP contribution in [0, 0.1) is 6.92 Å². The molecule has 0 atom stereocenters. The topological polar surface area (TPSA) is 51.0 Å². The summed E-state index contributed by atoms with van der Waals surface area (Å²) in [6.07, 6.45) is 3.10. The van der Waals surface area contributed by atoms with E-state index in [2.05, 4.69) is 10.1 Å². The van der Waals surface area contributed by atoms with Gasteiger partial charge in [0.25, 0.3) is 0 Å². The van der Waals surface area contributed by atoms with Crippen molar-refractivity contribution < 1.29 is 4.79 Å². The second-order valence-corrected chi connectivity index (χ2v) is 6.08. The minimum atomic E-state index is -0.119. The summed E-state index contributed by atoms with van der Waals surface area (Å²) in [5.74, 6) is -0.119. The Labute approximate surface area is 120 Å². The van der Waals surface area contributed by atoms with E-state index in [0.717, 1.165) is 11.6 Å². The molecule has 2 aromatic heterocycles. The molecule has 0 aliphatic heterocycles. The number of hydrogen-bond acceptors (Lipinski definition) is 5. The number of hydrogen-bond donors (Lipinski definition) is 0. The van der Waals surface area contributed by atoms with Crippen LogP contribution in [0.15, 0.2) is 12.4 Å². The molecule has 0 bridgehead atoms. The highest BCUT2D eigenvalue weighted by atomic mass is 35.5. The third-order valence-electron chi connectivity index (χ3n) is 2.61. The molecule has 0 aliphatic rings. The average Bonchev–Trinajstić information content (AvgIpc) is 2.92. The molecule has 0 radical (unpaired) electrons. The second-order valence-electron chi connectivity index (χ2n) is 4.44. The fourth-order valence-corrected chi connectivity index (χ4v) is 2.58. The van der Waals surface area contributed by atoms with E-state index in [1.54, 1.807) is 10.9 Å². The van der Waals surface area contributed by atoms with Crippen molar-refractivity contribution in [2.45, 2.75) is 13.5 Å². The zero-order valence-corrected chi connectivity index (χ0v) is 12.6. The molecule has 0 saturated carbocycles. The Balaban J connectivity index is 2.28. The zero-order valence-electron chi connectivity index (χ0n) is 11.1. The lowest BCUT2D eigenvalue weighted by Gasteiger charge is -2.11. The first-order chi connectivity index (χ1) is 8.99. The Morgan fingerprint density at radius 1 is 1.47 bits per heavy atom. The maximum atomic E-state index is 12.4. The molecule has 0 saturated heterocycles. The number of aryl methyl sites for hydroxylation is 1. The molecule has 2 heterocycles. The predicted octanol–water partition coefficient (Wildman–Crippen LogP) is 2.09. The molecular weight excluding hydrogens is 284 g/mol. The van der Waals surface area contributed by atoms with E-state index in [1.165, 1.54) is 17.5 Å². The highest BCUT2D eigenvalue weighted by molar-refractivity contribution is 7.13. The SMILES string of the molecule is Cc1ncc(C(=O)c2c(Cl)cnn2CCN(C)C)s1. The van der Waals surface area contributed by atoms with Gasteiger partial charge in [-0.15, -0.1) is 11.3 Å². The van der Waals surface area contributed by atoms with Crippen LogP contribution in [0.2, 0.25) is 5.02 Å². The Morgan fingerprint density at radius 2 is 2.21 bits per heavy atom. The van der Waals surface area contributed by atoms with Gasteiger partial charge in [0, 0.05) is 12.7 Å². The molecule has 0 unspecified atom stereocenters. The molecule has 19 heavy (non-hydrogen) atoms. The van der Waals surface area contributed by atoms with Crippen LogP contribution in [0.5, 0.6) is 0 Å². The second kappa shape index (κ2) is 5.81. The summed E-state index contributed by atoms with van der Waals surface area (Å²) >= 11 is 7.44. The average molecular weight is 299 g/mol. The van der Waals surface area contributed by atoms with E-state index in [0.29, 0.717) is 22.1 Å². The lowest BCUT2D eigenvalue weighted by molar-refractivity contribution is 0.103. The minimum Gasteiger partial charge on any atom is -0.308 e. The van der Waals surface area contributed by atoms with Crippen molar-refractivity contribution in [2.24, 2.45) is 0 Å². The van der Waals surface area contributed by atoms with Gasteiger partial charge in [-0.2, -0.15) is 5.10 Å². The van der Waals surface area contributed by atoms with E-state index in [9.17, 15) is 4.79 Å². The highest BCUT2D eigenvalue weighted by Crippen LogP contribution is 2.22. The van der Waals surface area contributed by atoms with Gasteiger partial charge in [0.15, 0.2) is 0 Å². The number of halogens is 1. The van der Waals surface area contributed by atoms with Crippen molar-refractivity contribution >= 4 is 28.7 Å². The van der Waals surface area contributed by atoms with Crippen LogP contribution in [0.1, 0.15) is 20.4 Å². The monoisotopic (exact) mass is 298 g/mol. The number of carbonyl (C=O) groups excluding carboxylic acids is 1. The fraction of sp³-hybridized carbons (Fsp3) is 0.417. The van der Waals surface area contributed by atoms with E-state index in [4.69, 9.17) is 11.6 Å². The van der Waals surface area contributed by atoms with Crippen molar-refractivity contribution in [3.05, 3.63) is 33.0 Å². The number of likely N-dealkylation sites (N-methyl/N-ethyl adjacent to an activating group) is 1. The molecule has 7 heteroatoms. The van der Waals surface area contributed by atoms with Crippen molar-refractivity contribution in [3.8, 4) is 0 Å². The number of ketones is 1. The standard InChI is InChI=1S/C12H15ClN4OS/c1-8-14-7-10(19-8)12(18)11-9(13)6-15-17(11)5-4-16(2)3/h6-7H,4-5H2,1-3H3. The fourth-order valence-electron chi connectivity index (χ4n) is 1.64. The number of nitrogens with zero attached hydrogens (tertiary/aromatic N) is 4. The first-order valence-electron chi connectivity index (χ1n) is 5.82. The summed E-state index contributed by atoms with van der Waals surface area (Å²) < 4.78 is 1.65. The maximum absolute atomic E-state index is 12.4. The summed E-state index contributed by atoms with van der Waals surface area (Å²) in [7, 11) is 3.94. The molecule has 0 fully saturated rings. The van der Waals surface area contributed by atoms with Gasteiger partial charge in [-0.3, -0.25) is 9.48 Å². The molecule has 0 amide bonds. The Bertz CT molecular complexity index is 590. The van der Waals surface area contributed by atoms with Crippen molar-refractivity contribution in [1.82, 2.24) is 19.7 Å². The van der Waals surface area contributed by atoms with E-state index < -0.39 is 0 Å². The summed E-state index contributed by atoms with van der Waals surface area (Å²) in [4.78, 5) is 19.1. The summed E-state index contributed by atoms with van der Waals surface area (Å²) in [6.45, 7) is 3.28. The Kier molecular flexibility index (Phi) is 4.34. The van der Waals surface area contributed by atoms with Gasteiger partial charge in [0.2, 0.25) is 5.78 Å². The van der Waals surface area contributed by atoms with Crippen LogP contribution in [-0.4, -0.2) is 46.1 Å². The Morgan fingerprint density at radius 3 is 2.79 bits per heavy atom. The number of aromatic nitrogens is 3. The molecule has 0 aromatic carbocycles. The van der Waals surface area contributed by atoms with Crippen LogP contribution in [-0.2, 0) is 6.54 Å². The summed E-state index contributed by atoms with van der Waals surface area (Å²) in [6, 6.07) is 0. The molecule has 0 spiro atoms. The normalized spacial score (nSPS) is 11.2. The highest BCUT2D eigenvalue weighted by Gasteiger charge is 2.20. The Hall–Kier alpha value is -1.24. The number of carbonyl (C=O) groups is 1. The van der Waals surface area contributed by atoms with Crippen molar-refractivity contribution in [1.29, 1.82) is 0 Å². The van der Waals surface area contributed by atoms with Crippen LogP contribution in [0.3, 0.4) is 0 Å². The predicted molar refractivity (Wildman–Crippen MR) is 76.1 cm³/mol. The van der Waals surface area contributed by atoms with Gasteiger partial charge in [0.1, 0.15) is 5.69 Å². The van der Waals surface area contributed by atoms with Gasteiger partial charge in [-0.25, -0.2) is 4.98 Å². The zero-order chi connectivity index (χ0) is 14.0. The van der Waals surface area contributed by atoms with Gasteiger partial charge in [0.05, 0.1) is 27.6 Å². The molecule has 5 nitrogen and oxygen atoms in total. The number of rotatable bonds is 5. The van der Waals surface area contributed by atoms with Gasteiger partial charge < -0.3 is 4.90 Å². The third-order valence-corrected chi connectivity index (χ3v) is 3.80. The van der Waals surface area contributed by atoms with Crippen LogP contribution in [0.25, 0.3) is 0 Å². The third kappa shape index (κ3) is 3.20. The number of thiazole rings is 1. The largest absolute Gasteiger partial charge is 0.308 e. The van der Waals surface area contributed by atoms with Crippen molar-refractivity contribution in [3.63, 3.8) is 0 Å². The molecule has 2 aromatic rings. The summed E-state index contributed by atoms with van der Waals surface area (Å²) in [5, 5.41) is 5.41. The van der Waals surface area contributed by atoms with E-state index >= 15 is 0 Å². The first-order valence-corrected chi connectivity index (χ1v) is 7.01. The minimum absolute atomic E-state index is 0.119. The lowest BCUT2D eigenvalue weighted by atomic mass is 10.2. The maximum Gasteiger partial charge on any atom is 0.224 e. The van der Waals surface area contributed by atoms with Crippen LogP contribution in [0.4, 0.5) is 0 Å². The van der Waals surface area contributed by atoms with Gasteiger partial charge in [-0.05, 0) is 21.0 Å².